The number of benzene rings is 2. The van der Waals surface area contributed by atoms with Gasteiger partial charge in [-0.1, -0.05) is 12.1 Å². The van der Waals surface area contributed by atoms with Crippen LogP contribution in [0.25, 0.3) is 0 Å². The number of hydrogen-bond acceptors (Lipinski definition) is 4. The molecule has 2 aliphatic rings. The highest BCUT2D eigenvalue weighted by Gasteiger charge is 2.29. The summed E-state index contributed by atoms with van der Waals surface area (Å²) in [6.45, 7) is 3.32. The maximum Gasteiger partial charge on any atom is 0.326 e. The number of anilines is 2. The Balaban J connectivity index is 1.60. The van der Waals surface area contributed by atoms with Crippen molar-refractivity contribution in [3.8, 4) is 5.75 Å². The first-order valence-corrected chi connectivity index (χ1v) is 9.47. The molecule has 0 radical (unpaired) electrons. The lowest BCUT2D eigenvalue weighted by atomic mass is 9.97. The molecule has 2 aromatic rings. The number of rotatable bonds is 2. The van der Waals surface area contributed by atoms with Crippen LogP contribution in [0.4, 0.5) is 20.6 Å². The average Bonchev–Trinajstić information content (AvgIpc) is 2.70. The third-order valence-corrected chi connectivity index (χ3v) is 5.28. The maximum atomic E-state index is 13.3. The van der Waals surface area contributed by atoms with Crippen LogP contribution in [0.5, 0.6) is 5.75 Å². The zero-order valence-electron chi connectivity index (χ0n) is 16.3. The number of fused-ring (bicyclic) bond motifs is 1. The van der Waals surface area contributed by atoms with Crippen LogP contribution in [0.15, 0.2) is 48.7 Å². The molecule has 150 valence electrons. The summed E-state index contributed by atoms with van der Waals surface area (Å²) in [6.07, 6.45) is 3.01. The van der Waals surface area contributed by atoms with E-state index in [4.69, 9.17) is 4.74 Å². The molecule has 0 spiro atoms. The fraction of sp³-hybridized carbons (Fsp3) is 0.273. The van der Waals surface area contributed by atoms with Gasteiger partial charge >= 0.3 is 6.03 Å². The molecule has 1 atom stereocenters. The minimum atomic E-state index is -0.492. The first kappa shape index (κ1) is 19.0. The van der Waals surface area contributed by atoms with Crippen molar-refractivity contribution >= 4 is 23.2 Å². The maximum absolute atomic E-state index is 13.3. The summed E-state index contributed by atoms with van der Waals surface area (Å²) in [5.41, 5.74) is 3.24. The van der Waals surface area contributed by atoms with Gasteiger partial charge in [0.15, 0.2) is 5.78 Å². The first-order valence-electron chi connectivity index (χ1n) is 9.47. The number of allylic oxidation sites excluding steroid dienone is 1. The predicted octanol–water partition coefficient (Wildman–Crippen LogP) is 4.02. The van der Waals surface area contributed by atoms with Crippen LogP contribution in [0, 0.1) is 12.7 Å². The highest BCUT2D eigenvalue weighted by Crippen LogP contribution is 2.36. The molecule has 1 N–H and O–H groups in total. The number of amides is 2. The fourth-order valence-electron chi connectivity index (χ4n) is 3.61. The molecule has 7 heteroatoms. The molecule has 6 nitrogen and oxygen atoms in total. The summed E-state index contributed by atoms with van der Waals surface area (Å²) in [6, 6.07) is 8.80. The quantitative estimate of drug-likeness (QED) is 0.834. The second-order valence-electron chi connectivity index (χ2n) is 7.30. The van der Waals surface area contributed by atoms with Crippen LogP contribution >= 0.6 is 0 Å². The number of carbonyl (C=O) groups excluding carboxylic acids is 2. The molecule has 2 amide bonds. The van der Waals surface area contributed by atoms with Crippen molar-refractivity contribution < 1.29 is 18.7 Å². The van der Waals surface area contributed by atoms with Crippen molar-refractivity contribution in [1.29, 1.82) is 0 Å². The van der Waals surface area contributed by atoms with Gasteiger partial charge in [-0.15, -0.1) is 0 Å². The SMILES string of the molecule is Cc1cc2c(cc1NC(=O)N1C=CC(=O)C[C@H]1c1ccc(F)cc1)OCCN2C. The van der Waals surface area contributed by atoms with Gasteiger partial charge in [0.05, 0.1) is 18.3 Å². The third-order valence-electron chi connectivity index (χ3n) is 5.28. The number of ketones is 1. The lowest BCUT2D eigenvalue weighted by Crippen LogP contribution is -2.37. The molecule has 0 aliphatic carbocycles. The zero-order chi connectivity index (χ0) is 20.5. The first-order chi connectivity index (χ1) is 13.9. The molecule has 4 rings (SSSR count). The van der Waals surface area contributed by atoms with E-state index in [1.165, 1.54) is 29.3 Å². The molecule has 2 aromatic carbocycles. The Morgan fingerprint density at radius 3 is 2.76 bits per heavy atom. The van der Waals surface area contributed by atoms with Crippen molar-refractivity contribution in [2.75, 3.05) is 30.4 Å². The van der Waals surface area contributed by atoms with Gasteiger partial charge < -0.3 is 15.0 Å². The smallest absolute Gasteiger partial charge is 0.326 e. The van der Waals surface area contributed by atoms with Crippen LogP contribution in [0.3, 0.4) is 0 Å². The molecule has 0 aromatic heterocycles. The topological polar surface area (TPSA) is 61.9 Å². The Morgan fingerprint density at radius 2 is 2.00 bits per heavy atom. The Bertz CT molecular complexity index is 988. The van der Waals surface area contributed by atoms with Crippen LogP contribution in [0.2, 0.25) is 0 Å². The minimum absolute atomic E-state index is 0.0789. The summed E-state index contributed by atoms with van der Waals surface area (Å²) in [7, 11) is 2.00. The highest BCUT2D eigenvalue weighted by molar-refractivity contribution is 5.96. The molecule has 0 bridgehead atoms. The third kappa shape index (κ3) is 3.81. The highest BCUT2D eigenvalue weighted by atomic mass is 19.1. The number of hydrogen-bond donors (Lipinski definition) is 1. The second kappa shape index (κ2) is 7.58. The number of ether oxygens (including phenoxy) is 1. The summed E-state index contributed by atoms with van der Waals surface area (Å²) in [5, 5.41) is 2.92. The van der Waals surface area contributed by atoms with Crippen molar-refractivity contribution in [3.63, 3.8) is 0 Å². The number of nitrogens with zero attached hydrogens (tertiary/aromatic N) is 2. The van der Waals surface area contributed by atoms with Crippen LogP contribution < -0.4 is 15.0 Å². The molecular formula is C22H22FN3O3. The van der Waals surface area contributed by atoms with Gasteiger partial charge in [-0.05, 0) is 42.3 Å². The van der Waals surface area contributed by atoms with Gasteiger partial charge in [-0.25, -0.2) is 9.18 Å². The van der Waals surface area contributed by atoms with E-state index in [1.807, 2.05) is 26.1 Å². The van der Waals surface area contributed by atoms with E-state index in [1.54, 1.807) is 12.1 Å². The molecule has 0 saturated carbocycles. The van der Waals surface area contributed by atoms with E-state index >= 15 is 0 Å². The van der Waals surface area contributed by atoms with Crippen molar-refractivity contribution in [3.05, 3.63) is 65.6 Å². The average molecular weight is 395 g/mol. The monoisotopic (exact) mass is 395 g/mol. The standard InChI is InChI=1S/C22H22FN3O3/c1-14-11-20-21(29-10-9-25(20)2)13-18(14)24-22(28)26-8-7-17(27)12-19(26)15-3-5-16(23)6-4-15/h3-8,11,13,19H,9-10,12H2,1-2H3,(H,24,28)/t19-/m0/s1. The predicted molar refractivity (Wildman–Crippen MR) is 109 cm³/mol. The van der Waals surface area contributed by atoms with Gasteiger partial charge in [-0.2, -0.15) is 0 Å². The lowest BCUT2D eigenvalue weighted by molar-refractivity contribution is -0.116. The molecule has 2 aliphatic heterocycles. The van der Waals surface area contributed by atoms with Crippen LogP contribution in [0.1, 0.15) is 23.6 Å². The molecule has 0 unspecified atom stereocenters. The normalized spacial score (nSPS) is 18.3. The van der Waals surface area contributed by atoms with E-state index in [2.05, 4.69) is 10.2 Å². The molecule has 0 fully saturated rings. The number of urea groups is 1. The van der Waals surface area contributed by atoms with E-state index in [9.17, 15) is 14.0 Å². The summed E-state index contributed by atoms with van der Waals surface area (Å²) < 4.78 is 19.0. The number of aryl methyl sites for hydroxylation is 1. The molecule has 0 saturated heterocycles. The summed E-state index contributed by atoms with van der Waals surface area (Å²) in [4.78, 5) is 28.6. The fourth-order valence-corrected chi connectivity index (χ4v) is 3.61. The van der Waals surface area contributed by atoms with Gasteiger partial charge in [0.2, 0.25) is 0 Å². The van der Waals surface area contributed by atoms with Crippen molar-refractivity contribution in [2.45, 2.75) is 19.4 Å². The van der Waals surface area contributed by atoms with E-state index < -0.39 is 6.04 Å². The van der Waals surface area contributed by atoms with Gasteiger partial charge in [0, 0.05) is 31.4 Å². The Hall–Kier alpha value is -3.35. The second-order valence-corrected chi connectivity index (χ2v) is 7.30. The summed E-state index contributed by atoms with van der Waals surface area (Å²) in [5.74, 6) is 0.279. The summed E-state index contributed by atoms with van der Waals surface area (Å²) >= 11 is 0. The Morgan fingerprint density at radius 1 is 1.24 bits per heavy atom. The molecule has 29 heavy (non-hydrogen) atoms. The molecule has 2 heterocycles. The van der Waals surface area contributed by atoms with Crippen molar-refractivity contribution in [2.24, 2.45) is 0 Å². The Labute approximate surface area is 168 Å². The van der Waals surface area contributed by atoms with E-state index in [0.29, 0.717) is 17.9 Å². The number of carbonyl (C=O) groups is 2. The zero-order valence-corrected chi connectivity index (χ0v) is 16.3. The van der Waals surface area contributed by atoms with E-state index in [0.717, 1.165) is 23.5 Å². The lowest BCUT2D eigenvalue weighted by Gasteiger charge is -2.32. The van der Waals surface area contributed by atoms with Gasteiger partial charge in [-0.3, -0.25) is 9.69 Å². The number of nitrogens with one attached hydrogen (secondary N) is 1. The largest absolute Gasteiger partial charge is 0.489 e. The van der Waals surface area contributed by atoms with Crippen LogP contribution in [-0.4, -0.2) is 36.9 Å². The molecular weight excluding hydrogens is 373 g/mol. The minimum Gasteiger partial charge on any atom is -0.489 e. The van der Waals surface area contributed by atoms with Gasteiger partial charge in [0.25, 0.3) is 0 Å². The number of likely N-dealkylation sites (N-methyl/N-ethyl adjacent to an activating group) is 1. The number of halogens is 1. The van der Waals surface area contributed by atoms with E-state index in [-0.39, 0.29) is 24.1 Å². The Kier molecular flexibility index (Phi) is 4.96. The van der Waals surface area contributed by atoms with Crippen molar-refractivity contribution in [1.82, 2.24) is 4.90 Å². The van der Waals surface area contributed by atoms with Crippen LogP contribution in [-0.2, 0) is 4.79 Å². The van der Waals surface area contributed by atoms with Gasteiger partial charge in [0.1, 0.15) is 18.2 Å².